The van der Waals surface area contributed by atoms with Crippen LogP contribution in [0.5, 0.6) is 0 Å². The number of hydrogen-bond donors (Lipinski definition) is 3. The van der Waals surface area contributed by atoms with Gasteiger partial charge in [0.05, 0.1) is 25.4 Å². The highest BCUT2D eigenvalue weighted by molar-refractivity contribution is 5.76. The number of amides is 1. The maximum Gasteiger partial charge on any atom is 0.305 e. The molecular formula is C59H115NO5. The van der Waals surface area contributed by atoms with E-state index in [9.17, 15) is 19.8 Å². The Balaban J connectivity index is 3.45. The molecule has 0 aliphatic heterocycles. The van der Waals surface area contributed by atoms with Crippen LogP contribution in [0.1, 0.15) is 328 Å². The van der Waals surface area contributed by atoms with Crippen molar-refractivity contribution in [2.75, 3.05) is 13.2 Å². The molecule has 2 atom stereocenters. The standard InChI is InChI=1S/C59H115NO5/c1-3-5-7-9-11-13-15-16-17-18-19-20-22-25-28-32-35-39-43-47-51-57(62)56(55-61)60-58(63)52-48-44-40-36-33-29-26-23-21-24-27-30-34-38-42-46-50-54-65-59(64)53-49-45-41-37-31-14-12-10-8-6-4-2/h47,51,56-57,61-62H,3-46,48-50,52-55H2,1-2H3,(H,60,63)/b51-47+. The molecule has 0 aromatic heterocycles. The molecule has 2 unspecified atom stereocenters. The minimum absolute atomic E-state index is 0.00480. The van der Waals surface area contributed by atoms with E-state index >= 15 is 0 Å². The van der Waals surface area contributed by atoms with E-state index in [2.05, 4.69) is 19.2 Å². The van der Waals surface area contributed by atoms with Crippen molar-refractivity contribution in [2.45, 2.75) is 341 Å². The second-order valence-electron chi connectivity index (χ2n) is 20.3. The Morgan fingerprint density at radius 1 is 0.415 bits per heavy atom. The SMILES string of the molecule is CCCCCCCCCCCCCCCCCCCC/C=C/C(O)C(CO)NC(=O)CCCCCCCCCCCCCCCCCCCOC(=O)CCCCCCCCCCCCC. The molecule has 0 radical (unpaired) electrons. The predicted molar refractivity (Wildman–Crippen MR) is 283 cm³/mol. The predicted octanol–water partition coefficient (Wildman–Crippen LogP) is 18.1. The Morgan fingerprint density at radius 3 is 1.05 bits per heavy atom. The van der Waals surface area contributed by atoms with Gasteiger partial charge in [0.1, 0.15) is 0 Å². The lowest BCUT2D eigenvalue weighted by Crippen LogP contribution is -2.45. The number of carbonyl (C=O) groups excluding carboxylic acids is 2. The molecule has 0 spiro atoms. The first kappa shape index (κ1) is 63.6. The van der Waals surface area contributed by atoms with E-state index in [4.69, 9.17) is 4.74 Å². The summed E-state index contributed by atoms with van der Waals surface area (Å²) in [6.45, 7) is 4.91. The molecule has 386 valence electrons. The topological polar surface area (TPSA) is 95.9 Å². The number of allylic oxidation sites excluding steroid dienone is 1. The summed E-state index contributed by atoms with van der Waals surface area (Å²) in [7, 11) is 0. The molecule has 0 aliphatic carbocycles. The van der Waals surface area contributed by atoms with Gasteiger partial charge in [-0.3, -0.25) is 9.59 Å². The first-order chi connectivity index (χ1) is 32.0. The van der Waals surface area contributed by atoms with E-state index in [1.54, 1.807) is 6.08 Å². The first-order valence-electron chi connectivity index (χ1n) is 29.5. The third-order valence-corrected chi connectivity index (χ3v) is 13.8. The molecule has 6 heteroatoms. The summed E-state index contributed by atoms with van der Waals surface area (Å²) in [5.74, 6) is -0.0652. The Hall–Kier alpha value is -1.40. The van der Waals surface area contributed by atoms with Gasteiger partial charge in [-0.1, -0.05) is 296 Å². The minimum atomic E-state index is -0.848. The highest BCUT2D eigenvalue weighted by Crippen LogP contribution is 2.17. The van der Waals surface area contributed by atoms with Crippen molar-refractivity contribution in [3.8, 4) is 0 Å². The molecule has 65 heavy (non-hydrogen) atoms. The lowest BCUT2D eigenvalue weighted by Gasteiger charge is -2.20. The monoisotopic (exact) mass is 918 g/mol. The van der Waals surface area contributed by atoms with Crippen molar-refractivity contribution in [1.82, 2.24) is 5.32 Å². The molecule has 0 aliphatic rings. The lowest BCUT2D eigenvalue weighted by atomic mass is 10.0. The fourth-order valence-corrected chi connectivity index (χ4v) is 9.28. The zero-order chi connectivity index (χ0) is 47.2. The summed E-state index contributed by atoms with van der Waals surface area (Å²) in [6.07, 6.45) is 65.2. The maximum atomic E-state index is 12.5. The number of carbonyl (C=O) groups is 2. The molecule has 0 saturated carbocycles. The number of aliphatic hydroxyl groups excluding tert-OH is 2. The number of esters is 1. The van der Waals surface area contributed by atoms with Crippen LogP contribution in [0.2, 0.25) is 0 Å². The molecule has 0 saturated heterocycles. The van der Waals surface area contributed by atoms with Gasteiger partial charge in [0.25, 0.3) is 0 Å². The smallest absolute Gasteiger partial charge is 0.305 e. The zero-order valence-electron chi connectivity index (χ0n) is 44.0. The summed E-state index contributed by atoms with van der Waals surface area (Å²) < 4.78 is 5.46. The van der Waals surface area contributed by atoms with Crippen molar-refractivity contribution in [2.24, 2.45) is 0 Å². The highest BCUT2D eigenvalue weighted by Gasteiger charge is 2.18. The van der Waals surface area contributed by atoms with Crippen molar-refractivity contribution in [1.29, 1.82) is 0 Å². The van der Waals surface area contributed by atoms with Gasteiger partial charge in [-0.05, 0) is 32.1 Å². The van der Waals surface area contributed by atoms with E-state index in [0.29, 0.717) is 19.4 Å². The fourth-order valence-electron chi connectivity index (χ4n) is 9.28. The van der Waals surface area contributed by atoms with Crippen molar-refractivity contribution in [3.05, 3.63) is 12.2 Å². The van der Waals surface area contributed by atoms with Crippen LogP contribution in [-0.4, -0.2) is 47.4 Å². The molecule has 0 aromatic rings. The Labute approximate surface area is 406 Å². The van der Waals surface area contributed by atoms with Crippen molar-refractivity contribution >= 4 is 11.9 Å². The van der Waals surface area contributed by atoms with Crippen LogP contribution in [0.15, 0.2) is 12.2 Å². The van der Waals surface area contributed by atoms with Crippen molar-refractivity contribution < 1.29 is 24.5 Å². The summed E-state index contributed by atoms with van der Waals surface area (Å²) in [5, 5.41) is 23.2. The molecule has 0 bridgehead atoms. The van der Waals surface area contributed by atoms with Crippen LogP contribution in [0.4, 0.5) is 0 Å². The van der Waals surface area contributed by atoms with E-state index in [0.717, 1.165) is 44.9 Å². The van der Waals surface area contributed by atoms with Gasteiger partial charge in [-0.25, -0.2) is 0 Å². The van der Waals surface area contributed by atoms with Crippen LogP contribution in [-0.2, 0) is 14.3 Å². The normalized spacial score (nSPS) is 12.6. The number of hydrogen-bond acceptors (Lipinski definition) is 5. The summed E-state index contributed by atoms with van der Waals surface area (Å²) in [6, 6.07) is -0.631. The third kappa shape index (κ3) is 51.8. The van der Waals surface area contributed by atoms with Crippen LogP contribution in [0, 0.1) is 0 Å². The quantitative estimate of drug-likeness (QED) is 0.0321. The maximum absolute atomic E-state index is 12.5. The van der Waals surface area contributed by atoms with Gasteiger partial charge in [-0.2, -0.15) is 0 Å². The summed E-state index contributed by atoms with van der Waals surface area (Å²) in [4.78, 5) is 24.5. The molecule has 1 amide bonds. The van der Waals surface area contributed by atoms with Gasteiger partial charge in [0.15, 0.2) is 0 Å². The lowest BCUT2D eigenvalue weighted by molar-refractivity contribution is -0.143. The largest absolute Gasteiger partial charge is 0.466 e. The van der Waals surface area contributed by atoms with E-state index in [-0.39, 0.29) is 18.5 Å². The van der Waals surface area contributed by atoms with E-state index in [1.807, 2.05) is 6.08 Å². The minimum Gasteiger partial charge on any atom is -0.466 e. The molecule has 0 fully saturated rings. The van der Waals surface area contributed by atoms with Crippen LogP contribution in [0.25, 0.3) is 0 Å². The van der Waals surface area contributed by atoms with E-state index in [1.165, 1.54) is 257 Å². The van der Waals surface area contributed by atoms with Gasteiger partial charge in [0.2, 0.25) is 5.91 Å². The molecule has 3 N–H and O–H groups in total. The summed E-state index contributed by atoms with van der Waals surface area (Å²) in [5.41, 5.74) is 0. The van der Waals surface area contributed by atoms with Gasteiger partial charge in [0, 0.05) is 12.8 Å². The van der Waals surface area contributed by atoms with Crippen LogP contribution >= 0.6 is 0 Å². The number of rotatable bonds is 55. The van der Waals surface area contributed by atoms with Gasteiger partial charge >= 0.3 is 5.97 Å². The second kappa shape index (κ2) is 55.2. The zero-order valence-corrected chi connectivity index (χ0v) is 44.0. The Morgan fingerprint density at radius 2 is 0.708 bits per heavy atom. The van der Waals surface area contributed by atoms with Crippen LogP contribution < -0.4 is 5.32 Å². The average molecular weight is 919 g/mol. The average Bonchev–Trinajstić information content (AvgIpc) is 3.31. The number of nitrogens with one attached hydrogen (secondary N) is 1. The Kier molecular flexibility index (Phi) is 54.0. The number of ether oxygens (including phenoxy) is 1. The first-order valence-corrected chi connectivity index (χ1v) is 29.5. The summed E-state index contributed by atoms with van der Waals surface area (Å²) >= 11 is 0. The number of unbranched alkanes of at least 4 members (excludes halogenated alkanes) is 44. The van der Waals surface area contributed by atoms with E-state index < -0.39 is 12.1 Å². The highest BCUT2D eigenvalue weighted by atomic mass is 16.5. The van der Waals surface area contributed by atoms with Crippen LogP contribution in [0.3, 0.4) is 0 Å². The van der Waals surface area contributed by atoms with Gasteiger partial charge < -0.3 is 20.3 Å². The number of aliphatic hydroxyl groups is 2. The second-order valence-corrected chi connectivity index (χ2v) is 20.3. The Bertz CT molecular complexity index is 970. The molecule has 0 heterocycles. The molecular weight excluding hydrogens is 803 g/mol. The fraction of sp³-hybridized carbons (Fsp3) is 0.932. The molecule has 0 rings (SSSR count). The molecule has 0 aromatic carbocycles. The molecule has 6 nitrogen and oxygen atoms in total. The van der Waals surface area contributed by atoms with Gasteiger partial charge in [-0.15, -0.1) is 0 Å². The third-order valence-electron chi connectivity index (χ3n) is 13.8. The van der Waals surface area contributed by atoms with Crippen molar-refractivity contribution in [3.63, 3.8) is 0 Å².